The molecule has 0 spiro atoms. The number of hydrogen-bond donors (Lipinski definition) is 0. The van der Waals surface area contributed by atoms with Crippen molar-refractivity contribution >= 4 is 11.6 Å². The number of nitrogens with zero attached hydrogens (tertiary/aromatic N) is 4. The monoisotopic (exact) mass is 446 g/mol. The number of benzene rings is 2. The van der Waals surface area contributed by atoms with Crippen LogP contribution >= 0.6 is 11.6 Å². The maximum Gasteiger partial charge on any atom is 0.416 e. The summed E-state index contributed by atoms with van der Waals surface area (Å²) in [6.45, 7) is 0.872. The van der Waals surface area contributed by atoms with Crippen molar-refractivity contribution in [3.8, 4) is 23.0 Å². The molecule has 1 atom stereocenters. The summed E-state index contributed by atoms with van der Waals surface area (Å²) >= 11 is 5.95. The molecule has 31 heavy (non-hydrogen) atoms. The van der Waals surface area contributed by atoms with E-state index < -0.39 is 11.7 Å². The van der Waals surface area contributed by atoms with Crippen LogP contribution in [0.5, 0.6) is 0 Å². The highest BCUT2D eigenvalue weighted by Gasteiger charge is 2.30. The SMILES string of the molecule is FC(F)(F)c1ccc(-c2noc(-c3cc4n(n3)CC(c3ccc(Cl)cc3)OC4)n2)cc1. The Morgan fingerprint density at radius 3 is 2.48 bits per heavy atom. The van der Waals surface area contributed by atoms with E-state index in [0.717, 1.165) is 23.4 Å². The normalized spacial score (nSPS) is 16.3. The van der Waals surface area contributed by atoms with Gasteiger partial charge in [-0.05, 0) is 35.9 Å². The van der Waals surface area contributed by atoms with E-state index in [4.69, 9.17) is 20.9 Å². The second-order valence-corrected chi connectivity index (χ2v) is 7.49. The summed E-state index contributed by atoms with van der Waals surface area (Å²) in [5, 5.41) is 9.06. The molecule has 0 fully saturated rings. The molecule has 2 aromatic heterocycles. The number of halogens is 4. The second kappa shape index (κ2) is 7.51. The number of fused-ring (bicyclic) bond motifs is 1. The fourth-order valence-corrected chi connectivity index (χ4v) is 3.49. The van der Waals surface area contributed by atoms with Gasteiger partial charge in [0.15, 0.2) is 5.69 Å². The third-order valence-electron chi connectivity index (χ3n) is 4.99. The van der Waals surface area contributed by atoms with Crippen LogP contribution in [-0.2, 0) is 24.1 Å². The molecule has 6 nitrogen and oxygen atoms in total. The van der Waals surface area contributed by atoms with E-state index in [1.807, 2.05) is 28.9 Å². The van der Waals surface area contributed by atoms with Gasteiger partial charge in [0.2, 0.25) is 5.82 Å². The summed E-state index contributed by atoms with van der Waals surface area (Å²) in [6, 6.07) is 13.8. The summed E-state index contributed by atoms with van der Waals surface area (Å²) in [5.74, 6) is 0.366. The van der Waals surface area contributed by atoms with Crippen LogP contribution in [0.3, 0.4) is 0 Å². The number of rotatable bonds is 3. The highest BCUT2D eigenvalue weighted by atomic mass is 35.5. The minimum absolute atomic E-state index is 0.164. The number of alkyl halides is 3. The van der Waals surface area contributed by atoms with Gasteiger partial charge in [-0.25, -0.2) is 0 Å². The molecule has 0 amide bonds. The minimum atomic E-state index is -4.40. The van der Waals surface area contributed by atoms with Crippen molar-refractivity contribution in [3.63, 3.8) is 0 Å². The van der Waals surface area contributed by atoms with Gasteiger partial charge in [0.05, 0.1) is 24.4 Å². The molecular formula is C21H14ClF3N4O2. The lowest BCUT2D eigenvalue weighted by molar-refractivity contribution is -0.137. The van der Waals surface area contributed by atoms with Crippen molar-refractivity contribution in [3.05, 3.63) is 76.4 Å². The predicted octanol–water partition coefficient (Wildman–Crippen LogP) is 5.54. The van der Waals surface area contributed by atoms with Gasteiger partial charge in [0.1, 0.15) is 6.10 Å². The molecule has 1 aliphatic rings. The minimum Gasteiger partial charge on any atom is -0.365 e. The maximum atomic E-state index is 12.7. The van der Waals surface area contributed by atoms with Crippen molar-refractivity contribution in [2.24, 2.45) is 0 Å². The summed E-state index contributed by atoms with van der Waals surface area (Å²) in [5.41, 5.74) is 2.00. The van der Waals surface area contributed by atoms with Crippen molar-refractivity contribution in [2.45, 2.75) is 25.4 Å². The molecule has 5 rings (SSSR count). The predicted molar refractivity (Wildman–Crippen MR) is 105 cm³/mol. The Morgan fingerprint density at radius 2 is 1.77 bits per heavy atom. The first-order chi connectivity index (χ1) is 14.9. The van der Waals surface area contributed by atoms with Crippen molar-refractivity contribution in [2.75, 3.05) is 0 Å². The lowest BCUT2D eigenvalue weighted by Crippen LogP contribution is -2.21. The van der Waals surface area contributed by atoms with Gasteiger partial charge in [-0.3, -0.25) is 4.68 Å². The average molecular weight is 447 g/mol. The summed E-state index contributed by atoms with van der Waals surface area (Å²) in [7, 11) is 0. The van der Waals surface area contributed by atoms with E-state index in [1.165, 1.54) is 12.1 Å². The van der Waals surface area contributed by atoms with Gasteiger partial charge in [-0.2, -0.15) is 23.3 Å². The lowest BCUT2D eigenvalue weighted by atomic mass is 10.1. The molecule has 1 aliphatic heterocycles. The number of ether oxygens (including phenoxy) is 1. The van der Waals surface area contributed by atoms with Crippen LogP contribution in [0, 0.1) is 0 Å². The quantitative estimate of drug-likeness (QED) is 0.413. The van der Waals surface area contributed by atoms with Crippen LogP contribution in [-0.4, -0.2) is 19.9 Å². The Hall–Kier alpha value is -3.17. The Morgan fingerprint density at radius 1 is 1.03 bits per heavy atom. The Bertz CT molecular complexity index is 1220. The van der Waals surface area contributed by atoms with E-state index in [1.54, 1.807) is 6.07 Å². The summed E-state index contributed by atoms with van der Waals surface area (Å²) < 4.78 is 51.3. The number of aromatic nitrogens is 4. The lowest BCUT2D eigenvalue weighted by Gasteiger charge is -2.24. The van der Waals surface area contributed by atoms with Gasteiger partial charge in [-0.15, -0.1) is 0 Å². The molecule has 0 N–H and O–H groups in total. The highest BCUT2D eigenvalue weighted by Crippen LogP contribution is 2.32. The third-order valence-corrected chi connectivity index (χ3v) is 5.24. The fourth-order valence-electron chi connectivity index (χ4n) is 3.36. The van der Waals surface area contributed by atoms with Crippen LogP contribution in [0.4, 0.5) is 13.2 Å². The molecule has 0 saturated heterocycles. The first-order valence-electron chi connectivity index (χ1n) is 9.32. The van der Waals surface area contributed by atoms with E-state index >= 15 is 0 Å². The molecule has 2 aromatic carbocycles. The highest BCUT2D eigenvalue weighted by molar-refractivity contribution is 6.30. The van der Waals surface area contributed by atoms with Crippen molar-refractivity contribution in [1.29, 1.82) is 0 Å². The molecule has 1 unspecified atom stereocenters. The van der Waals surface area contributed by atoms with E-state index in [0.29, 0.717) is 29.4 Å². The smallest absolute Gasteiger partial charge is 0.365 e. The average Bonchev–Trinajstić information content (AvgIpc) is 3.40. The Balaban J connectivity index is 1.36. The molecule has 4 aromatic rings. The molecular weight excluding hydrogens is 433 g/mol. The largest absolute Gasteiger partial charge is 0.416 e. The van der Waals surface area contributed by atoms with Crippen LogP contribution < -0.4 is 0 Å². The van der Waals surface area contributed by atoms with Crippen LogP contribution in [0.1, 0.15) is 22.9 Å². The van der Waals surface area contributed by atoms with Crippen LogP contribution in [0.15, 0.2) is 59.1 Å². The molecule has 0 aliphatic carbocycles. The molecule has 10 heteroatoms. The summed E-state index contributed by atoms with van der Waals surface area (Å²) in [6.07, 6.45) is -4.56. The topological polar surface area (TPSA) is 66.0 Å². The van der Waals surface area contributed by atoms with Crippen LogP contribution in [0.25, 0.3) is 23.0 Å². The molecule has 158 valence electrons. The molecule has 3 heterocycles. The molecule has 0 bridgehead atoms. The Labute approximate surface area is 179 Å². The van der Waals surface area contributed by atoms with Gasteiger partial charge < -0.3 is 9.26 Å². The van der Waals surface area contributed by atoms with Gasteiger partial charge in [-0.1, -0.05) is 41.0 Å². The first-order valence-corrected chi connectivity index (χ1v) is 9.70. The van der Waals surface area contributed by atoms with Crippen LogP contribution in [0.2, 0.25) is 5.02 Å². The van der Waals surface area contributed by atoms with Gasteiger partial charge in [0.25, 0.3) is 5.89 Å². The number of hydrogen-bond acceptors (Lipinski definition) is 5. The zero-order valence-corrected chi connectivity index (χ0v) is 16.6. The zero-order valence-electron chi connectivity index (χ0n) is 15.8. The van der Waals surface area contributed by atoms with E-state index in [2.05, 4.69) is 15.2 Å². The van der Waals surface area contributed by atoms with E-state index in [9.17, 15) is 13.2 Å². The van der Waals surface area contributed by atoms with Crippen molar-refractivity contribution < 1.29 is 22.4 Å². The molecule has 0 radical (unpaired) electrons. The molecule has 0 saturated carbocycles. The Kier molecular flexibility index (Phi) is 4.79. The van der Waals surface area contributed by atoms with Gasteiger partial charge >= 0.3 is 6.18 Å². The first kappa shape index (κ1) is 19.8. The zero-order chi connectivity index (χ0) is 21.6. The van der Waals surface area contributed by atoms with E-state index in [-0.39, 0.29) is 17.8 Å². The second-order valence-electron chi connectivity index (χ2n) is 7.05. The fraction of sp³-hybridized carbons (Fsp3) is 0.190. The summed E-state index contributed by atoms with van der Waals surface area (Å²) in [4.78, 5) is 4.28. The van der Waals surface area contributed by atoms with Crippen molar-refractivity contribution in [1.82, 2.24) is 19.9 Å². The third kappa shape index (κ3) is 3.94. The van der Waals surface area contributed by atoms with Gasteiger partial charge in [0, 0.05) is 10.6 Å². The maximum absolute atomic E-state index is 12.7. The standard InChI is InChI=1S/C21H14ClF3N4O2/c22-15-7-3-12(4-8-15)18-10-29-16(11-30-18)9-17(27-29)20-26-19(28-31-20)13-1-5-14(6-2-13)21(23,24)25/h1-9,18H,10-11H2.